The SMILES string of the molecule is CC(CCS(C)=O)NC(=O)CCC(=O)O. The third-order valence-corrected chi connectivity index (χ3v) is 2.62. The van der Waals surface area contributed by atoms with Gasteiger partial charge in [0.25, 0.3) is 0 Å². The van der Waals surface area contributed by atoms with Gasteiger partial charge in [0.05, 0.1) is 6.42 Å². The van der Waals surface area contributed by atoms with Gasteiger partial charge in [0.15, 0.2) is 0 Å². The fourth-order valence-corrected chi connectivity index (χ4v) is 1.67. The Morgan fingerprint density at radius 3 is 2.47 bits per heavy atom. The second-order valence-corrected chi connectivity index (χ2v) is 4.98. The summed E-state index contributed by atoms with van der Waals surface area (Å²) in [7, 11) is -0.857. The Hall–Kier alpha value is -0.910. The zero-order valence-corrected chi connectivity index (χ0v) is 9.80. The molecule has 0 aromatic carbocycles. The van der Waals surface area contributed by atoms with Crippen LogP contribution in [0.15, 0.2) is 0 Å². The number of aliphatic carboxylic acids is 1. The van der Waals surface area contributed by atoms with E-state index in [2.05, 4.69) is 5.32 Å². The van der Waals surface area contributed by atoms with Gasteiger partial charge in [-0.15, -0.1) is 0 Å². The van der Waals surface area contributed by atoms with Crippen LogP contribution in [-0.4, -0.2) is 39.2 Å². The Labute approximate surface area is 91.7 Å². The molecular weight excluding hydrogens is 218 g/mol. The van der Waals surface area contributed by atoms with Crippen molar-refractivity contribution in [1.29, 1.82) is 0 Å². The van der Waals surface area contributed by atoms with E-state index in [0.717, 1.165) is 0 Å². The van der Waals surface area contributed by atoms with Gasteiger partial charge < -0.3 is 10.4 Å². The van der Waals surface area contributed by atoms with Crippen molar-refractivity contribution < 1.29 is 18.9 Å². The Balaban J connectivity index is 3.66. The summed E-state index contributed by atoms with van der Waals surface area (Å²) in [4.78, 5) is 21.3. The number of rotatable bonds is 7. The maximum absolute atomic E-state index is 11.2. The topological polar surface area (TPSA) is 83.5 Å². The fourth-order valence-electron chi connectivity index (χ4n) is 0.982. The highest BCUT2D eigenvalue weighted by atomic mass is 32.2. The number of carbonyl (C=O) groups excluding carboxylic acids is 1. The predicted molar refractivity (Wildman–Crippen MR) is 58.0 cm³/mol. The molecule has 2 atom stereocenters. The number of hydrogen-bond acceptors (Lipinski definition) is 3. The minimum atomic E-state index is -0.979. The maximum atomic E-state index is 11.2. The summed E-state index contributed by atoms with van der Waals surface area (Å²) >= 11 is 0. The normalized spacial score (nSPS) is 14.3. The zero-order valence-electron chi connectivity index (χ0n) is 8.99. The van der Waals surface area contributed by atoms with Gasteiger partial charge in [0.2, 0.25) is 5.91 Å². The summed E-state index contributed by atoms with van der Waals surface area (Å²) in [6.07, 6.45) is 2.09. The van der Waals surface area contributed by atoms with Gasteiger partial charge in [-0.3, -0.25) is 13.8 Å². The highest BCUT2D eigenvalue weighted by Gasteiger charge is 2.09. The molecule has 0 aromatic heterocycles. The molecule has 0 rings (SSSR count). The van der Waals surface area contributed by atoms with Crippen LogP contribution >= 0.6 is 0 Å². The van der Waals surface area contributed by atoms with Crippen LogP contribution in [0, 0.1) is 0 Å². The molecule has 0 aliphatic carbocycles. The number of nitrogens with one attached hydrogen (secondary N) is 1. The van der Waals surface area contributed by atoms with Gasteiger partial charge in [0, 0.05) is 35.3 Å². The van der Waals surface area contributed by atoms with E-state index in [1.807, 2.05) is 6.92 Å². The second-order valence-electron chi connectivity index (χ2n) is 3.43. The molecule has 0 aliphatic rings. The van der Waals surface area contributed by atoms with Crippen LogP contribution in [0.25, 0.3) is 0 Å². The molecule has 0 aromatic rings. The lowest BCUT2D eigenvalue weighted by Crippen LogP contribution is -2.33. The highest BCUT2D eigenvalue weighted by molar-refractivity contribution is 7.84. The summed E-state index contributed by atoms with van der Waals surface area (Å²) in [5, 5.41) is 11.0. The first-order valence-electron chi connectivity index (χ1n) is 4.73. The number of carboxylic acid groups (broad SMARTS) is 1. The number of amides is 1. The van der Waals surface area contributed by atoms with Gasteiger partial charge in [-0.1, -0.05) is 0 Å². The van der Waals surface area contributed by atoms with E-state index in [9.17, 15) is 13.8 Å². The summed E-state index contributed by atoms with van der Waals surface area (Å²) < 4.78 is 10.8. The molecule has 0 saturated heterocycles. The van der Waals surface area contributed by atoms with E-state index >= 15 is 0 Å². The van der Waals surface area contributed by atoms with Crippen molar-refractivity contribution in [1.82, 2.24) is 5.32 Å². The first-order chi connectivity index (χ1) is 6.91. The van der Waals surface area contributed by atoms with Crippen molar-refractivity contribution in [3.63, 3.8) is 0 Å². The molecule has 0 heterocycles. The first kappa shape index (κ1) is 14.1. The van der Waals surface area contributed by atoms with Crippen LogP contribution in [0.4, 0.5) is 0 Å². The van der Waals surface area contributed by atoms with Gasteiger partial charge in [-0.05, 0) is 13.3 Å². The van der Waals surface area contributed by atoms with E-state index < -0.39 is 16.8 Å². The lowest BCUT2D eigenvalue weighted by molar-refractivity contribution is -0.138. The van der Waals surface area contributed by atoms with Crippen molar-refractivity contribution in [2.24, 2.45) is 0 Å². The van der Waals surface area contributed by atoms with Crippen molar-refractivity contribution in [3.8, 4) is 0 Å². The second kappa shape index (κ2) is 7.39. The van der Waals surface area contributed by atoms with E-state index in [0.29, 0.717) is 12.2 Å². The fraction of sp³-hybridized carbons (Fsp3) is 0.778. The summed E-state index contributed by atoms with van der Waals surface area (Å²) in [6, 6.07) is -0.0600. The summed E-state index contributed by atoms with van der Waals surface area (Å²) in [6.45, 7) is 1.81. The molecule has 2 unspecified atom stereocenters. The van der Waals surface area contributed by atoms with Crippen molar-refractivity contribution >= 4 is 22.7 Å². The third-order valence-electron chi connectivity index (χ3n) is 1.81. The van der Waals surface area contributed by atoms with E-state index in [1.54, 1.807) is 6.26 Å². The molecule has 15 heavy (non-hydrogen) atoms. The van der Waals surface area contributed by atoms with Crippen LogP contribution in [0.5, 0.6) is 0 Å². The Kier molecular flexibility index (Phi) is 6.94. The number of hydrogen-bond donors (Lipinski definition) is 2. The minimum Gasteiger partial charge on any atom is -0.481 e. The molecule has 0 fully saturated rings. The van der Waals surface area contributed by atoms with Gasteiger partial charge in [-0.2, -0.15) is 0 Å². The van der Waals surface area contributed by atoms with Crippen LogP contribution in [0.3, 0.4) is 0 Å². The quantitative estimate of drug-likeness (QED) is 0.656. The lowest BCUT2D eigenvalue weighted by atomic mass is 10.2. The molecule has 6 heteroatoms. The molecule has 1 amide bonds. The van der Waals surface area contributed by atoms with Gasteiger partial charge in [0.1, 0.15) is 0 Å². The molecule has 0 saturated carbocycles. The van der Waals surface area contributed by atoms with Crippen LogP contribution in [0.1, 0.15) is 26.2 Å². The minimum absolute atomic E-state index is 0.00507. The van der Waals surface area contributed by atoms with E-state index in [1.165, 1.54) is 0 Å². The molecule has 0 bridgehead atoms. The van der Waals surface area contributed by atoms with Crippen molar-refractivity contribution in [2.75, 3.05) is 12.0 Å². The molecular formula is C9H17NO4S. The van der Waals surface area contributed by atoms with E-state index in [4.69, 9.17) is 5.11 Å². The molecule has 88 valence electrons. The number of carboxylic acids is 1. The average molecular weight is 235 g/mol. The molecule has 2 N–H and O–H groups in total. The van der Waals surface area contributed by atoms with E-state index in [-0.39, 0.29) is 24.8 Å². The monoisotopic (exact) mass is 235 g/mol. The molecule has 5 nitrogen and oxygen atoms in total. The van der Waals surface area contributed by atoms with Crippen molar-refractivity contribution in [2.45, 2.75) is 32.2 Å². The van der Waals surface area contributed by atoms with Gasteiger partial charge >= 0.3 is 5.97 Å². The standard InChI is InChI=1S/C9H17NO4S/c1-7(5-6-15(2)14)10-8(11)3-4-9(12)13/h7H,3-6H2,1-2H3,(H,10,11)(H,12,13). The maximum Gasteiger partial charge on any atom is 0.303 e. The van der Waals surface area contributed by atoms with Crippen LogP contribution < -0.4 is 5.32 Å². The average Bonchev–Trinajstić information content (AvgIpc) is 2.11. The van der Waals surface area contributed by atoms with Gasteiger partial charge in [-0.25, -0.2) is 0 Å². The molecule has 0 aliphatic heterocycles. The Bertz CT molecular complexity index is 254. The lowest BCUT2D eigenvalue weighted by Gasteiger charge is -2.12. The Morgan fingerprint density at radius 2 is 2.00 bits per heavy atom. The summed E-state index contributed by atoms with van der Waals surface area (Å²) in [5.41, 5.74) is 0. The third kappa shape index (κ3) is 9.40. The van der Waals surface area contributed by atoms with Crippen LogP contribution in [-0.2, 0) is 20.4 Å². The highest BCUT2D eigenvalue weighted by Crippen LogP contribution is 1.95. The first-order valence-corrected chi connectivity index (χ1v) is 6.45. The smallest absolute Gasteiger partial charge is 0.303 e. The Morgan fingerprint density at radius 1 is 1.40 bits per heavy atom. The predicted octanol–water partition coefficient (Wildman–Crippen LogP) is 0.124. The molecule has 0 radical (unpaired) electrons. The van der Waals surface area contributed by atoms with Crippen molar-refractivity contribution in [3.05, 3.63) is 0 Å². The molecule has 0 spiro atoms. The van der Waals surface area contributed by atoms with Crippen LogP contribution in [0.2, 0.25) is 0 Å². The summed E-state index contributed by atoms with van der Waals surface area (Å²) in [5.74, 6) is -0.709. The number of carbonyl (C=O) groups is 2. The largest absolute Gasteiger partial charge is 0.481 e. The zero-order chi connectivity index (χ0) is 11.8.